The highest BCUT2D eigenvalue weighted by molar-refractivity contribution is 6.36. The summed E-state index contributed by atoms with van der Waals surface area (Å²) in [5.41, 5.74) is 12.4. The Hall–Kier alpha value is -0.480. The summed E-state index contributed by atoms with van der Waals surface area (Å²) < 4.78 is 0. The van der Waals surface area contributed by atoms with Gasteiger partial charge in [-0.1, -0.05) is 58.5 Å². The maximum absolute atomic E-state index is 5.77. The predicted molar refractivity (Wildman–Crippen MR) is 88.7 cm³/mol. The fourth-order valence-electron chi connectivity index (χ4n) is 1.45. The van der Waals surface area contributed by atoms with Gasteiger partial charge in [-0.3, -0.25) is 0 Å². The van der Waals surface area contributed by atoms with Gasteiger partial charge in [-0.25, -0.2) is 0 Å². The van der Waals surface area contributed by atoms with Crippen LogP contribution in [0.25, 0.3) is 0 Å². The molecule has 0 radical (unpaired) electrons. The van der Waals surface area contributed by atoms with E-state index in [1.165, 1.54) is 0 Å². The Balaban J connectivity index is 0.000000200. The van der Waals surface area contributed by atoms with Crippen LogP contribution in [0, 0.1) is 0 Å². The van der Waals surface area contributed by atoms with E-state index in [2.05, 4.69) is 0 Å². The summed E-state index contributed by atoms with van der Waals surface area (Å²) >= 11 is 23.1. The van der Waals surface area contributed by atoms with Crippen LogP contribution in [-0.4, -0.2) is 0 Å². The van der Waals surface area contributed by atoms with E-state index in [9.17, 15) is 0 Å². The molecule has 0 saturated heterocycles. The van der Waals surface area contributed by atoms with Gasteiger partial charge in [-0.2, -0.15) is 0 Å². The van der Waals surface area contributed by atoms with Crippen LogP contribution < -0.4 is 11.5 Å². The minimum Gasteiger partial charge on any atom is -0.326 e. The third-order valence-corrected chi connectivity index (χ3v) is 3.95. The van der Waals surface area contributed by atoms with Crippen LogP contribution in [0.15, 0.2) is 36.4 Å². The zero-order valence-electron chi connectivity index (χ0n) is 10.5. The van der Waals surface area contributed by atoms with Crippen molar-refractivity contribution >= 4 is 46.4 Å². The van der Waals surface area contributed by atoms with Crippen molar-refractivity contribution in [2.75, 3.05) is 0 Å². The minimum absolute atomic E-state index is 0.387. The van der Waals surface area contributed by atoms with E-state index in [-0.39, 0.29) is 0 Å². The highest BCUT2D eigenvalue weighted by Crippen LogP contribution is 2.23. The zero-order chi connectivity index (χ0) is 15.1. The molecular formula is C14H14Cl4N2. The zero-order valence-corrected chi connectivity index (χ0v) is 13.6. The lowest BCUT2D eigenvalue weighted by molar-refractivity contribution is 1.07. The molecule has 0 aliphatic rings. The molecule has 0 fully saturated rings. The Bertz CT molecular complexity index is 481. The second-order valence-electron chi connectivity index (χ2n) is 3.81. The van der Waals surface area contributed by atoms with E-state index < -0.39 is 0 Å². The average Bonchev–Trinajstić information content (AvgIpc) is 2.40. The van der Waals surface area contributed by atoms with Crippen molar-refractivity contribution in [3.05, 3.63) is 67.6 Å². The van der Waals surface area contributed by atoms with Crippen LogP contribution in [0.3, 0.4) is 0 Å². The van der Waals surface area contributed by atoms with Gasteiger partial charge in [0, 0.05) is 44.3 Å². The molecule has 0 unspecified atom stereocenters. The summed E-state index contributed by atoms with van der Waals surface area (Å²) in [6.45, 7) is 0.775. The third kappa shape index (κ3) is 4.81. The van der Waals surface area contributed by atoms with E-state index in [1.54, 1.807) is 36.4 Å². The number of nitrogens with two attached hydrogens (primary N) is 2. The molecule has 0 amide bonds. The number of benzene rings is 2. The Labute approximate surface area is 138 Å². The smallest absolute Gasteiger partial charge is 0.0465 e. The van der Waals surface area contributed by atoms with Gasteiger partial charge in [0.25, 0.3) is 0 Å². The molecule has 4 N–H and O–H groups in total. The molecule has 0 aliphatic heterocycles. The second-order valence-corrected chi connectivity index (χ2v) is 5.44. The van der Waals surface area contributed by atoms with Gasteiger partial charge in [0.2, 0.25) is 0 Å². The lowest BCUT2D eigenvalue weighted by Gasteiger charge is -2.01. The Morgan fingerprint density at radius 2 is 0.850 bits per heavy atom. The number of rotatable bonds is 2. The largest absolute Gasteiger partial charge is 0.326 e. The van der Waals surface area contributed by atoms with Gasteiger partial charge in [0.1, 0.15) is 0 Å². The van der Waals surface area contributed by atoms with Crippen molar-refractivity contribution in [3.63, 3.8) is 0 Å². The lowest BCUT2D eigenvalue weighted by atomic mass is 10.2. The molecule has 2 nitrogen and oxygen atoms in total. The van der Waals surface area contributed by atoms with E-state index in [4.69, 9.17) is 57.9 Å². The molecule has 108 valence electrons. The first-order chi connectivity index (χ1) is 9.51. The Morgan fingerprint density at radius 3 is 1.00 bits per heavy atom. The van der Waals surface area contributed by atoms with Gasteiger partial charge in [-0.05, 0) is 24.3 Å². The van der Waals surface area contributed by atoms with Crippen molar-refractivity contribution in [1.29, 1.82) is 0 Å². The maximum atomic E-state index is 5.77. The van der Waals surface area contributed by atoms with Gasteiger partial charge in [0.15, 0.2) is 0 Å². The summed E-state index contributed by atoms with van der Waals surface area (Å²) in [5.74, 6) is 0. The van der Waals surface area contributed by atoms with Gasteiger partial charge < -0.3 is 11.5 Å². The van der Waals surface area contributed by atoms with Crippen LogP contribution >= 0.6 is 46.4 Å². The topological polar surface area (TPSA) is 52.0 Å². The van der Waals surface area contributed by atoms with Crippen LogP contribution in [0.4, 0.5) is 0 Å². The summed E-state index contributed by atoms with van der Waals surface area (Å²) in [7, 11) is 0. The Morgan fingerprint density at radius 1 is 0.600 bits per heavy atom. The molecular weight excluding hydrogens is 338 g/mol. The van der Waals surface area contributed by atoms with Crippen molar-refractivity contribution in [2.24, 2.45) is 11.5 Å². The van der Waals surface area contributed by atoms with Gasteiger partial charge >= 0.3 is 0 Å². The first-order valence-corrected chi connectivity index (χ1v) is 7.28. The number of halogens is 4. The molecule has 2 aromatic carbocycles. The van der Waals surface area contributed by atoms with Crippen LogP contribution in [0.2, 0.25) is 20.1 Å². The second kappa shape index (κ2) is 8.73. The highest BCUT2D eigenvalue weighted by atomic mass is 35.5. The van der Waals surface area contributed by atoms with Crippen molar-refractivity contribution in [3.8, 4) is 0 Å². The molecule has 0 aliphatic carbocycles. The lowest BCUT2D eigenvalue weighted by Crippen LogP contribution is -1.97. The third-order valence-electron chi connectivity index (χ3n) is 2.53. The molecule has 0 atom stereocenters. The number of hydrogen-bond donors (Lipinski definition) is 2. The quantitative estimate of drug-likeness (QED) is 0.807. The van der Waals surface area contributed by atoms with Crippen LogP contribution in [-0.2, 0) is 13.1 Å². The van der Waals surface area contributed by atoms with Crippen molar-refractivity contribution in [2.45, 2.75) is 13.1 Å². The van der Waals surface area contributed by atoms with E-state index >= 15 is 0 Å². The van der Waals surface area contributed by atoms with Crippen LogP contribution in [0.1, 0.15) is 11.1 Å². The molecule has 0 aromatic heterocycles. The first-order valence-electron chi connectivity index (χ1n) is 5.77. The summed E-state index contributed by atoms with van der Waals surface area (Å²) in [6.07, 6.45) is 0. The predicted octanol–water partition coefficient (Wildman–Crippen LogP) is 4.90. The maximum Gasteiger partial charge on any atom is 0.0465 e. The van der Waals surface area contributed by atoms with Crippen molar-refractivity contribution < 1.29 is 0 Å². The molecule has 20 heavy (non-hydrogen) atoms. The molecule has 6 heteroatoms. The molecule has 2 rings (SSSR count). The molecule has 2 aromatic rings. The summed E-state index contributed by atoms with van der Waals surface area (Å²) in [6, 6.07) is 10.7. The summed E-state index contributed by atoms with van der Waals surface area (Å²) in [4.78, 5) is 0. The molecule has 0 heterocycles. The first kappa shape index (κ1) is 17.6. The fourth-order valence-corrected chi connectivity index (χ4v) is 2.56. The number of hydrogen-bond acceptors (Lipinski definition) is 2. The van der Waals surface area contributed by atoms with Gasteiger partial charge in [0.05, 0.1) is 0 Å². The minimum atomic E-state index is 0.387. The SMILES string of the molecule is NCc1c(Cl)cccc1Cl.NCc1c(Cl)cccc1Cl. The van der Waals surface area contributed by atoms with Gasteiger partial charge in [-0.15, -0.1) is 0 Å². The standard InChI is InChI=1S/2C7H7Cl2N/c2*8-6-2-1-3-7(9)5(6)4-10/h2*1-3H,4,10H2. The average molecular weight is 352 g/mol. The molecule has 0 bridgehead atoms. The van der Waals surface area contributed by atoms with E-state index in [1.807, 2.05) is 0 Å². The van der Waals surface area contributed by atoms with Crippen molar-refractivity contribution in [1.82, 2.24) is 0 Å². The molecule has 0 saturated carbocycles. The highest BCUT2D eigenvalue weighted by Gasteiger charge is 2.01. The summed E-state index contributed by atoms with van der Waals surface area (Å²) in [5, 5.41) is 2.54. The monoisotopic (exact) mass is 350 g/mol. The molecule has 0 spiro atoms. The van der Waals surface area contributed by atoms with E-state index in [0.29, 0.717) is 33.2 Å². The van der Waals surface area contributed by atoms with Crippen LogP contribution in [0.5, 0.6) is 0 Å². The Kier molecular flexibility index (Phi) is 7.67. The van der Waals surface area contributed by atoms with E-state index in [0.717, 1.165) is 11.1 Å². The normalized spacial score (nSPS) is 9.90. The fraction of sp³-hybridized carbons (Fsp3) is 0.143.